The number of halogens is 2. The maximum atomic E-state index is 13.3. The molecule has 2 aromatic heterocycles. The molecule has 4 rings (SSSR count). The van der Waals surface area contributed by atoms with Crippen LogP contribution < -0.4 is 5.32 Å². The lowest BCUT2D eigenvalue weighted by atomic mass is 10.1. The van der Waals surface area contributed by atoms with Crippen molar-refractivity contribution in [2.45, 2.75) is 6.54 Å². The number of pyridine rings is 1. The van der Waals surface area contributed by atoms with Gasteiger partial charge in [-0.3, -0.25) is 9.78 Å². The fourth-order valence-corrected chi connectivity index (χ4v) is 3.33. The van der Waals surface area contributed by atoms with Crippen molar-refractivity contribution in [3.05, 3.63) is 94.6 Å². The average molecular weight is 452 g/mol. The summed E-state index contributed by atoms with van der Waals surface area (Å²) in [6.07, 6.45) is 3.25. The number of carbonyl (C=O) groups excluding carboxylic acids is 1. The molecule has 0 saturated heterocycles. The van der Waals surface area contributed by atoms with Crippen LogP contribution in [-0.2, 0) is 6.54 Å². The number of aromatic nitrogens is 4. The van der Waals surface area contributed by atoms with Gasteiger partial charge in [0.15, 0.2) is 5.69 Å². The summed E-state index contributed by atoms with van der Waals surface area (Å²) in [6, 6.07) is 17.0. The van der Waals surface area contributed by atoms with E-state index in [1.165, 1.54) is 16.8 Å². The number of nitrogens with one attached hydrogen (secondary N) is 1. The van der Waals surface area contributed by atoms with Crippen LogP contribution in [0.4, 0.5) is 4.39 Å². The van der Waals surface area contributed by atoms with Crippen molar-refractivity contribution in [2.75, 3.05) is 0 Å². The zero-order chi connectivity index (χ0) is 20.2. The highest BCUT2D eigenvalue weighted by atomic mass is 79.9. The van der Waals surface area contributed by atoms with E-state index in [1.54, 1.807) is 36.7 Å². The third-order valence-corrected chi connectivity index (χ3v) is 4.75. The molecule has 8 heteroatoms. The molecule has 0 aliphatic rings. The van der Waals surface area contributed by atoms with Gasteiger partial charge in [-0.1, -0.05) is 33.3 Å². The van der Waals surface area contributed by atoms with E-state index in [-0.39, 0.29) is 17.4 Å². The van der Waals surface area contributed by atoms with E-state index in [0.717, 1.165) is 15.6 Å². The molecule has 1 N–H and O–H groups in total. The molecular weight excluding hydrogens is 437 g/mol. The molecule has 0 bridgehead atoms. The summed E-state index contributed by atoms with van der Waals surface area (Å²) in [4.78, 5) is 16.9. The molecule has 0 aliphatic carbocycles. The van der Waals surface area contributed by atoms with Gasteiger partial charge in [0.1, 0.15) is 11.5 Å². The lowest BCUT2D eigenvalue weighted by molar-refractivity contribution is 0.0946. The Morgan fingerprint density at radius 1 is 1.07 bits per heavy atom. The summed E-state index contributed by atoms with van der Waals surface area (Å²) in [5, 5.41) is 11.1. The first kappa shape index (κ1) is 18.9. The lowest BCUT2D eigenvalue weighted by Crippen LogP contribution is -2.24. The monoisotopic (exact) mass is 451 g/mol. The third-order valence-electron chi connectivity index (χ3n) is 4.25. The third kappa shape index (κ3) is 4.22. The minimum Gasteiger partial charge on any atom is -0.346 e. The van der Waals surface area contributed by atoms with Crippen molar-refractivity contribution in [2.24, 2.45) is 0 Å². The van der Waals surface area contributed by atoms with Gasteiger partial charge in [0.2, 0.25) is 0 Å². The standard InChI is InChI=1S/C21H15BrFN5O/c22-16-3-1-2-14(12-16)13-25-21(29)19-20(15-8-10-24-11-9-15)28(27-26-19)18-6-4-17(23)5-7-18/h1-12H,13H2,(H,25,29). The highest BCUT2D eigenvalue weighted by Gasteiger charge is 2.22. The van der Waals surface area contributed by atoms with Crippen molar-refractivity contribution in [3.63, 3.8) is 0 Å². The number of hydrogen-bond donors (Lipinski definition) is 1. The van der Waals surface area contributed by atoms with Gasteiger partial charge in [-0.2, -0.15) is 0 Å². The molecule has 4 aromatic rings. The van der Waals surface area contributed by atoms with Gasteiger partial charge in [-0.15, -0.1) is 5.10 Å². The maximum absolute atomic E-state index is 13.3. The zero-order valence-electron chi connectivity index (χ0n) is 15.1. The molecule has 0 unspecified atom stereocenters. The van der Waals surface area contributed by atoms with Crippen LogP contribution in [0, 0.1) is 5.82 Å². The smallest absolute Gasteiger partial charge is 0.274 e. The van der Waals surface area contributed by atoms with Crippen LogP contribution in [0.15, 0.2) is 77.5 Å². The highest BCUT2D eigenvalue weighted by Crippen LogP contribution is 2.25. The molecule has 1 amide bonds. The number of hydrogen-bond acceptors (Lipinski definition) is 4. The summed E-state index contributed by atoms with van der Waals surface area (Å²) in [6.45, 7) is 0.345. The molecule has 29 heavy (non-hydrogen) atoms. The summed E-state index contributed by atoms with van der Waals surface area (Å²) >= 11 is 3.42. The number of carbonyl (C=O) groups is 1. The zero-order valence-corrected chi connectivity index (χ0v) is 16.7. The van der Waals surface area contributed by atoms with Crippen molar-refractivity contribution >= 4 is 21.8 Å². The van der Waals surface area contributed by atoms with Gasteiger partial charge in [0, 0.05) is 29.0 Å². The van der Waals surface area contributed by atoms with E-state index in [0.29, 0.717) is 17.9 Å². The molecule has 0 fully saturated rings. The van der Waals surface area contributed by atoms with Crippen molar-refractivity contribution < 1.29 is 9.18 Å². The average Bonchev–Trinajstić information content (AvgIpc) is 3.18. The quantitative estimate of drug-likeness (QED) is 0.494. The van der Waals surface area contributed by atoms with Gasteiger partial charge >= 0.3 is 0 Å². The minimum atomic E-state index is -0.356. The first-order chi connectivity index (χ1) is 14.1. The SMILES string of the molecule is O=C(NCc1cccc(Br)c1)c1nnn(-c2ccc(F)cc2)c1-c1ccncc1. The Morgan fingerprint density at radius 2 is 1.83 bits per heavy atom. The molecule has 6 nitrogen and oxygen atoms in total. The van der Waals surface area contributed by atoms with E-state index in [2.05, 4.69) is 36.5 Å². The van der Waals surface area contributed by atoms with Gasteiger partial charge in [-0.05, 0) is 54.1 Å². The number of amides is 1. The maximum Gasteiger partial charge on any atom is 0.274 e. The van der Waals surface area contributed by atoms with Crippen molar-refractivity contribution in [3.8, 4) is 16.9 Å². The molecular formula is C21H15BrFN5O. The van der Waals surface area contributed by atoms with Crippen LogP contribution in [0.5, 0.6) is 0 Å². The second-order valence-corrected chi connectivity index (χ2v) is 7.14. The molecule has 2 aromatic carbocycles. The molecule has 0 atom stereocenters. The Kier molecular flexibility index (Phi) is 5.44. The van der Waals surface area contributed by atoms with Crippen LogP contribution in [-0.4, -0.2) is 25.9 Å². The lowest BCUT2D eigenvalue weighted by Gasteiger charge is -2.09. The molecule has 0 radical (unpaired) electrons. The minimum absolute atomic E-state index is 0.176. The van der Waals surface area contributed by atoms with E-state index >= 15 is 0 Å². The summed E-state index contributed by atoms with van der Waals surface area (Å²) < 4.78 is 15.8. The molecule has 144 valence electrons. The molecule has 0 aliphatic heterocycles. The normalized spacial score (nSPS) is 10.7. The Bertz CT molecular complexity index is 1150. The van der Waals surface area contributed by atoms with Crippen LogP contribution >= 0.6 is 15.9 Å². The topological polar surface area (TPSA) is 72.7 Å². The Labute approximate surface area is 174 Å². The largest absolute Gasteiger partial charge is 0.346 e. The van der Waals surface area contributed by atoms with Crippen molar-refractivity contribution in [1.82, 2.24) is 25.3 Å². The number of rotatable bonds is 5. The van der Waals surface area contributed by atoms with E-state index < -0.39 is 0 Å². The van der Waals surface area contributed by atoms with Gasteiger partial charge in [-0.25, -0.2) is 9.07 Å². The van der Waals surface area contributed by atoms with Gasteiger partial charge in [0.05, 0.1) is 5.69 Å². The van der Waals surface area contributed by atoms with Crippen molar-refractivity contribution in [1.29, 1.82) is 0 Å². The van der Waals surface area contributed by atoms with E-state index in [4.69, 9.17) is 0 Å². The summed E-state index contributed by atoms with van der Waals surface area (Å²) in [7, 11) is 0. The molecule has 0 saturated carbocycles. The Morgan fingerprint density at radius 3 is 2.55 bits per heavy atom. The molecule has 2 heterocycles. The fourth-order valence-electron chi connectivity index (χ4n) is 2.88. The highest BCUT2D eigenvalue weighted by molar-refractivity contribution is 9.10. The van der Waals surface area contributed by atoms with Crippen LogP contribution in [0.2, 0.25) is 0 Å². The van der Waals surface area contributed by atoms with Crippen LogP contribution in [0.3, 0.4) is 0 Å². The first-order valence-electron chi connectivity index (χ1n) is 8.76. The molecule has 0 spiro atoms. The fraction of sp³-hybridized carbons (Fsp3) is 0.0476. The Hall–Kier alpha value is -3.39. The number of benzene rings is 2. The summed E-state index contributed by atoms with van der Waals surface area (Å²) in [5.41, 5.74) is 2.95. The predicted molar refractivity (Wildman–Crippen MR) is 110 cm³/mol. The second-order valence-electron chi connectivity index (χ2n) is 6.22. The summed E-state index contributed by atoms with van der Waals surface area (Å²) in [5.74, 6) is -0.712. The van der Waals surface area contributed by atoms with E-state index in [1.807, 2.05) is 24.3 Å². The first-order valence-corrected chi connectivity index (χ1v) is 9.56. The van der Waals surface area contributed by atoms with Gasteiger partial charge < -0.3 is 5.32 Å². The predicted octanol–water partition coefficient (Wildman–Crippen LogP) is 4.16. The van der Waals surface area contributed by atoms with Crippen LogP contribution in [0.25, 0.3) is 16.9 Å². The van der Waals surface area contributed by atoms with Crippen LogP contribution in [0.1, 0.15) is 16.1 Å². The Balaban J connectivity index is 1.69. The number of nitrogens with zero attached hydrogens (tertiary/aromatic N) is 4. The second kappa shape index (κ2) is 8.32. The van der Waals surface area contributed by atoms with Gasteiger partial charge in [0.25, 0.3) is 5.91 Å². The van der Waals surface area contributed by atoms with E-state index in [9.17, 15) is 9.18 Å².